The van der Waals surface area contributed by atoms with Gasteiger partial charge in [0.25, 0.3) is 0 Å². The largest absolute Gasteiger partial charge is 0.454 e. The molecule has 0 fully saturated rings. The average molecular weight is 461 g/mol. The summed E-state index contributed by atoms with van der Waals surface area (Å²) in [4.78, 5) is 17.7. The van der Waals surface area contributed by atoms with Crippen molar-refractivity contribution in [2.45, 2.75) is 58.4 Å². The molecular formula is C27H28N2O5. The van der Waals surface area contributed by atoms with Crippen LogP contribution in [0.2, 0.25) is 0 Å². The standard InChI is InChI=1S/C27H28N2O5/c1-2-3-4-5-6-7-24(30)28-27-25-18(8-9-21-26(25)34-16-31-21)12-20-19-14-23-22(32-15-33-23)13-17(19)10-11-29(20)27/h8-9,12-14H,2-7,10-11,15-16H2,1H3. The van der Waals surface area contributed by atoms with E-state index in [4.69, 9.17) is 18.9 Å². The third-order valence-electron chi connectivity index (χ3n) is 6.84. The molecule has 0 saturated heterocycles. The van der Waals surface area contributed by atoms with Crippen LogP contribution in [0.1, 0.15) is 51.0 Å². The third-order valence-corrected chi connectivity index (χ3v) is 6.84. The Hall–Kier alpha value is -3.48. The fraction of sp³-hybridized carbons (Fsp3) is 0.407. The highest BCUT2D eigenvalue weighted by atomic mass is 16.7. The summed E-state index contributed by atoms with van der Waals surface area (Å²) < 4.78 is 24.8. The van der Waals surface area contributed by atoms with Crippen molar-refractivity contribution in [2.75, 3.05) is 13.6 Å². The van der Waals surface area contributed by atoms with Crippen molar-refractivity contribution in [1.82, 2.24) is 4.57 Å². The summed E-state index contributed by atoms with van der Waals surface area (Å²) in [5.74, 6) is 2.81. The molecule has 0 saturated carbocycles. The second kappa shape index (κ2) is 8.70. The fourth-order valence-corrected chi connectivity index (χ4v) is 5.09. The summed E-state index contributed by atoms with van der Waals surface area (Å²) in [6, 6.07) is 10.2. The third kappa shape index (κ3) is 3.59. The normalized spacial score (nSPS) is 15.5. The van der Waals surface area contributed by atoms with E-state index in [9.17, 15) is 4.79 Å². The Morgan fingerprint density at radius 3 is 2.62 bits per heavy atom. The Kier molecular flexibility index (Phi) is 5.40. The molecule has 176 valence electrons. The molecule has 0 aliphatic carbocycles. The molecule has 4 heterocycles. The number of aromatic nitrogens is 1. The van der Waals surface area contributed by atoms with Crippen LogP contribution in [0.15, 0.2) is 35.3 Å². The molecule has 3 aliphatic rings. The first-order valence-electron chi connectivity index (χ1n) is 12.2. The molecule has 34 heavy (non-hydrogen) atoms. The number of ether oxygens (including phenoxy) is 4. The van der Waals surface area contributed by atoms with Crippen LogP contribution in [-0.4, -0.2) is 24.1 Å². The first-order chi connectivity index (χ1) is 16.7. The summed E-state index contributed by atoms with van der Waals surface area (Å²) in [5, 5.41) is 1.80. The molecule has 7 nitrogen and oxygen atoms in total. The van der Waals surface area contributed by atoms with Gasteiger partial charge >= 0.3 is 0 Å². The fourth-order valence-electron chi connectivity index (χ4n) is 5.09. The Morgan fingerprint density at radius 2 is 1.74 bits per heavy atom. The van der Waals surface area contributed by atoms with E-state index in [1.54, 1.807) is 0 Å². The molecule has 3 aliphatic heterocycles. The van der Waals surface area contributed by atoms with Crippen molar-refractivity contribution in [3.8, 4) is 34.3 Å². The van der Waals surface area contributed by atoms with Crippen LogP contribution in [0.4, 0.5) is 0 Å². The molecule has 6 rings (SSSR count). The second-order valence-corrected chi connectivity index (χ2v) is 9.05. The lowest BCUT2D eigenvalue weighted by Crippen LogP contribution is -2.28. The number of fused-ring (bicyclic) bond motifs is 7. The molecule has 0 radical (unpaired) electrons. The number of benzene rings is 2. The van der Waals surface area contributed by atoms with E-state index in [0.717, 1.165) is 59.2 Å². The van der Waals surface area contributed by atoms with Gasteiger partial charge in [-0.3, -0.25) is 4.79 Å². The molecule has 2 aromatic carbocycles. The first-order valence-corrected chi connectivity index (χ1v) is 12.2. The van der Waals surface area contributed by atoms with E-state index in [2.05, 4.69) is 28.6 Å². The summed E-state index contributed by atoms with van der Waals surface area (Å²) in [5.41, 5.74) is 3.95. The molecule has 0 unspecified atom stereocenters. The maximum absolute atomic E-state index is 13.0. The zero-order valence-corrected chi connectivity index (χ0v) is 19.4. The number of carbonyl (C=O) groups is 1. The molecule has 1 amide bonds. The molecule has 7 heteroatoms. The monoisotopic (exact) mass is 460 g/mol. The molecule has 0 bridgehead atoms. The number of amides is 1. The Bertz CT molecular complexity index is 1360. The van der Waals surface area contributed by atoms with Gasteiger partial charge in [-0.2, -0.15) is 4.99 Å². The minimum Gasteiger partial charge on any atom is -0.454 e. The molecule has 0 atom stereocenters. The highest BCUT2D eigenvalue weighted by molar-refractivity contribution is 5.94. The Balaban J connectivity index is 1.49. The van der Waals surface area contributed by atoms with E-state index >= 15 is 0 Å². The molecule has 1 aromatic heterocycles. The van der Waals surface area contributed by atoms with E-state index in [1.807, 2.05) is 18.2 Å². The zero-order valence-electron chi connectivity index (χ0n) is 19.4. The number of carbonyl (C=O) groups excluding carboxylic acids is 1. The van der Waals surface area contributed by atoms with Gasteiger partial charge in [0.2, 0.25) is 19.5 Å². The van der Waals surface area contributed by atoms with Crippen LogP contribution in [0.3, 0.4) is 0 Å². The van der Waals surface area contributed by atoms with Gasteiger partial charge in [0.15, 0.2) is 23.0 Å². The number of hydrogen-bond acceptors (Lipinski definition) is 5. The second-order valence-electron chi connectivity index (χ2n) is 9.05. The van der Waals surface area contributed by atoms with Gasteiger partial charge in [-0.15, -0.1) is 0 Å². The van der Waals surface area contributed by atoms with Crippen LogP contribution >= 0.6 is 0 Å². The first kappa shape index (κ1) is 21.1. The average Bonchev–Trinajstić information content (AvgIpc) is 3.51. The number of nitrogens with zero attached hydrogens (tertiary/aromatic N) is 2. The number of pyridine rings is 1. The lowest BCUT2D eigenvalue weighted by molar-refractivity contribution is -0.118. The van der Waals surface area contributed by atoms with Crippen LogP contribution in [-0.2, 0) is 17.8 Å². The van der Waals surface area contributed by atoms with E-state index in [-0.39, 0.29) is 19.5 Å². The van der Waals surface area contributed by atoms with Gasteiger partial charge in [0.1, 0.15) is 5.49 Å². The molecule has 0 spiro atoms. The van der Waals surface area contributed by atoms with Crippen LogP contribution in [0.5, 0.6) is 23.0 Å². The summed E-state index contributed by atoms with van der Waals surface area (Å²) >= 11 is 0. The van der Waals surface area contributed by atoms with E-state index in [0.29, 0.717) is 30.0 Å². The van der Waals surface area contributed by atoms with Gasteiger partial charge in [-0.25, -0.2) is 0 Å². The number of aryl methyl sites for hydroxylation is 1. The van der Waals surface area contributed by atoms with Crippen LogP contribution in [0, 0.1) is 0 Å². The summed E-state index contributed by atoms with van der Waals surface area (Å²) in [6.45, 7) is 3.32. The number of unbranched alkanes of at least 4 members (excludes halogenated alkanes) is 4. The lowest BCUT2D eigenvalue weighted by Gasteiger charge is -2.24. The minimum absolute atomic E-state index is 0.0910. The smallest absolute Gasteiger partial charge is 0.247 e. The molecule has 3 aromatic rings. The van der Waals surface area contributed by atoms with Crippen LogP contribution < -0.4 is 24.4 Å². The molecule has 0 N–H and O–H groups in total. The van der Waals surface area contributed by atoms with Gasteiger partial charge in [0, 0.05) is 18.5 Å². The van der Waals surface area contributed by atoms with Crippen molar-refractivity contribution >= 4 is 16.7 Å². The predicted octanol–water partition coefficient (Wildman–Crippen LogP) is 5.11. The maximum atomic E-state index is 13.0. The highest BCUT2D eigenvalue weighted by Crippen LogP contribution is 2.43. The minimum atomic E-state index is -0.0910. The predicted molar refractivity (Wildman–Crippen MR) is 127 cm³/mol. The van der Waals surface area contributed by atoms with Crippen molar-refractivity contribution in [2.24, 2.45) is 4.99 Å². The van der Waals surface area contributed by atoms with E-state index in [1.165, 1.54) is 18.4 Å². The quantitative estimate of drug-likeness (QED) is 0.478. The Morgan fingerprint density at radius 1 is 0.941 bits per heavy atom. The van der Waals surface area contributed by atoms with Crippen molar-refractivity contribution in [1.29, 1.82) is 0 Å². The van der Waals surface area contributed by atoms with E-state index < -0.39 is 0 Å². The van der Waals surface area contributed by atoms with Gasteiger partial charge in [0.05, 0.1) is 11.1 Å². The zero-order chi connectivity index (χ0) is 23.1. The van der Waals surface area contributed by atoms with Gasteiger partial charge in [-0.05, 0) is 48.1 Å². The maximum Gasteiger partial charge on any atom is 0.247 e. The van der Waals surface area contributed by atoms with Gasteiger partial charge < -0.3 is 23.5 Å². The molecular weight excluding hydrogens is 432 g/mol. The van der Waals surface area contributed by atoms with Crippen molar-refractivity contribution in [3.05, 3.63) is 41.4 Å². The SMILES string of the molecule is CCCCCCCC(=O)N=c1c2c3c(ccc2cc2n1CCc1cc4c(cc1-2)OCO4)OCO3. The lowest BCUT2D eigenvalue weighted by atomic mass is 9.95. The van der Waals surface area contributed by atoms with Crippen molar-refractivity contribution in [3.63, 3.8) is 0 Å². The summed E-state index contributed by atoms with van der Waals surface area (Å²) in [6.07, 6.45) is 6.75. The number of hydrogen-bond donors (Lipinski definition) is 0. The highest BCUT2D eigenvalue weighted by Gasteiger charge is 2.26. The van der Waals surface area contributed by atoms with Crippen molar-refractivity contribution < 1.29 is 23.7 Å². The topological polar surface area (TPSA) is 71.3 Å². The Labute approximate surface area is 197 Å². The van der Waals surface area contributed by atoms with Crippen LogP contribution in [0.25, 0.3) is 22.0 Å². The summed E-state index contributed by atoms with van der Waals surface area (Å²) in [7, 11) is 0. The number of rotatable bonds is 6. The van der Waals surface area contributed by atoms with Gasteiger partial charge in [-0.1, -0.05) is 38.7 Å².